The van der Waals surface area contributed by atoms with Crippen molar-refractivity contribution < 1.29 is 14.3 Å². The van der Waals surface area contributed by atoms with Gasteiger partial charge in [0.15, 0.2) is 0 Å². The van der Waals surface area contributed by atoms with Gasteiger partial charge in [0.05, 0.1) is 0 Å². The molecule has 3 nitrogen and oxygen atoms in total. The second-order valence-corrected chi connectivity index (χ2v) is 4.93. The van der Waals surface area contributed by atoms with Crippen LogP contribution in [0.3, 0.4) is 0 Å². The first-order valence-corrected chi connectivity index (χ1v) is 7.57. The van der Waals surface area contributed by atoms with E-state index in [4.69, 9.17) is 0 Å². The lowest BCUT2D eigenvalue weighted by Crippen LogP contribution is -2.09. The SMILES string of the molecule is C=CC(=O)OC(=O)CCCCCCCCCCCC. The van der Waals surface area contributed by atoms with Crippen molar-refractivity contribution in [2.75, 3.05) is 0 Å². The summed E-state index contributed by atoms with van der Waals surface area (Å²) in [6, 6.07) is 0. The lowest BCUT2D eigenvalue weighted by molar-refractivity contribution is -0.156. The average Bonchev–Trinajstić information content (AvgIpc) is 2.40. The van der Waals surface area contributed by atoms with Gasteiger partial charge >= 0.3 is 11.9 Å². The van der Waals surface area contributed by atoms with E-state index in [9.17, 15) is 9.59 Å². The van der Waals surface area contributed by atoms with E-state index >= 15 is 0 Å². The zero-order valence-corrected chi connectivity index (χ0v) is 12.3. The van der Waals surface area contributed by atoms with Gasteiger partial charge in [0.2, 0.25) is 0 Å². The van der Waals surface area contributed by atoms with Gasteiger partial charge in [-0.1, -0.05) is 71.3 Å². The van der Waals surface area contributed by atoms with Crippen LogP contribution in [0.5, 0.6) is 0 Å². The van der Waals surface area contributed by atoms with Crippen LogP contribution < -0.4 is 0 Å². The summed E-state index contributed by atoms with van der Waals surface area (Å²) < 4.78 is 4.49. The summed E-state index contributed by atoms with van der Waals surface area (Å²) in [6.45, 7) is 5.47. The molecule has 0 bridgehead atoms. The highest BCUT2D eigenvalue weighted by Gasteiger charge is 2.06. The van der Waals surface area contributed by atoms with Gasteiger partial charge in [0.1, 0.15) is 0 Å². The van der Waals surface area contributed by atoms with Crippen LogP contribution in [0.4, 0.5) is 0 Å². The van der Waals surface area contributed by atoms with Gasteiger partial charge in [-0.15, -0.1) is 0 Å². The van der Waals surface area contributed by atoms with E-state index in [2.05, 4.69) is 18.2 Å². The molecular formula is C16H28O3. The maximum atomic E-state index is 11.2. The van der Waals surface area contributed by atoms with Crippen molar-refractivity contribution in [2.24, 2.45) is 0 Å². The first-order valence-electron chi connectivity index (χ1n) is 7.57. The van der Waals surface area contributed by atoms with Crippen molar-refractivity contribution in [1.29, 1.82) is 0 Å². The van der Waals surface area contributed by atoms with E-state index in [-0.39, 0.29) is 0 Å². The Morgan fingerprint density at radius 3 is 1.84 bits per heavy atom. The molecule has 0 atom stereocenters. The van der Waals surface area contributed by atoms with Crippen LogP contribution in [0.1, 0.15) is 77.6 Å². The fraction of sp³-hybridized carbons (Fsp3) is 0.750. The number of carbonyl (C=O) groups is 2. The molecule has 0 rings (SSSR count). The number of ether oxygens (including phenoxy) is 1. The highest BCUT2D eigenvalue weighted by Crippen LogP contribution is 2.11. The highest BCUT2D eigenvalue weighted by molar-refractivity contribution is 5.91. The van der Waals surface area contributed by atoms with Crippen molar-refractivity contribution in [1.82, 2.24) is 0 Å². The van der Waals surface area contributed by atoms with Crippen LogP contribution in [0.15, 0.2) is 12.7 Å². The first-order chi connectivity index (χ1) is 9.20. The fourth-order valence-corrected chi connectivity index (χ4v) is 1.96. The van der Waals surface area contributed by atoms with E-state index in [1.165, 1.54) is 44.9 Å². The standard InChI is InChI=1S/C16H28O3/c1-3-5-6-7-8-9-10-11-12-13-14-16(18)19-15(17)4-2/h4H,2-3,5-14H2,1H3. The molecule has 19 heavy (non-hydrogen) atoms. The van der Waals surface area contributed by atoms with E-state index in [0.29, 0.717) is 6.42 Å². The van der Waals surface area contributed by atoms with Crippen molar-refractivity contribution in [3.8, 4) is 0 Å². The Balaban J connectivity index is 3.20. The van der Waals surface area contributed by atoms with Crippen LogP contribution in [-0.2, 0) is 14.3 Å². The molecule has 3 heteroatoms. The molecule has 110 valence electrons. The van der Waals surface area contributed by atoms with E-state index < -0.39 is 11.9 Å². The number of esters is 2. The number of rotatable bonds is 12. The average molecular weight is 268 g/mol. The van der Waals surface area contributed by atoms with Crippen LogP contribution in [-0.4, -0.2) is 11.9 Å². The molecular weight excluding hydrogens is 240 g/mol. The van der Waals surface area contributed by atoms with Crippen LogP contribution in [0.25, 0.3) is 0 Å². The zero-order chi connectivity index (χ0) is 14.3. The lowest BCUT2D eigenvalue weighted by atomic mass is 10.1. The number of hydrogen-bond donors (Lipinski definition) is 0. The summed E-state index contributed by atoms with van der Waals surface area (Å²) in [6.07, 6.45) is 13.6. The minimum atomic E-state index is -0.655. The van der Waals surface area contributed by atoms with Gasteiger partial charge in [-0.25, -0.2) is 4.79 Å². The molecule has 0 aromatic heterocycles. The molecule has 0 amide bonds. The quantitative estimate of drug-likeness (QED) is 0.226. The predicted molar refractivity (Wildman–Crippen MR) is 77.8 cm³/mol. The number of carbonyl (C=O) groups excluding carboxylic acids is 2. The number of unbranched alkanes of at least 4 members (excludes halogenated alkanes) is 9. The second-order valence-electron chi connectivity index (χ2n) is 4.93. The molecule has 0 aromatic carbocycles. The topological polar surface area (TPSA) is 43.4 Å². The smallest absolute Gasteiger partial charge is 0.337 e. The Hall–Kier alpha value is -1.12. The summed E-state index contributed by atoms with van der Waals surface area (Å²) in [4.78, 5) is 21.9. The predicted octanol–water partition coefficient (Wildman–Crippen LogP) is 4.55. The fourth-order valence-electron chi connectivity index (χ4n) is 1.96. The Morgan fingerprint density at radius 1 is 0.895 bits per heavy atom. The van der Waals surface area contributed by atoms with Crippen molar-refractivity contribution >= 4 is 11.9 Å². The van der Waals surface area contributed by atoms with Gasteiger partial charge in [-0.05, 0) is 6.42 Å². The maximum absolute atomic E-state index is 11.2. The molecule has 0 aromatic rings. The first kappa shape index (κ1) is 17.9. The third-order valence-electron chi connectivity index (χ3n) is 3.12. The van der Waals surface area contributed by atoms with Crippen molar-refractivity contribution in [3.63, 3.8) is 0 Å². The third kappa shape index (κ3) is 13.1. The molecule has 0 unspecified atom stereocenters. The Bertz CT molecular complexity index is 259. The van der Waals surface area contributed by atoms with Gasteiger partial charge < -0.3 is 4.74 Å². The Kier molecular flexibility index (Phi) is 12.5. The molecule has 0 aliphatic rings. The Labute approximate surface area is 117 Å². The monoisotopic (exact) mass is 268 g/mol. The maximum Gasteiger partial charge on any atom is 0.337 e. The van der Waals surface area contributed by atoms with Crippen molar-refractivity contribution in [3.05, 3.63) is 12.7 Å². The zero-order valence-electron chi connectivity index (χ0n) is 12.3. The molecule has 0 saturated heterocycles. The Morgan fingerprint density at radius 2 is 1.37 bits per heavy atom. The normalized spacial score (nSPS) is 10.2. The molecule has 0 saturated carbocycles. The molecule has 0 heterocycles. The molecule has 0 spiro atoms. The minimum Gasteiger partial charge on any atom is -0.390 e. The summed E-state index contributed by atoms with van der Waals surface area (Å²) in [5.41, 5.74) is 0. The van der Waals surface area contributed by atoms with Gasteiger partial charge in [0, 0.05) is 12.5 Å². The van der Waals surface area contributed by atoms with Gasteiger partial charge in [-0.2, -0.15) is 0 Å². The summed E-state index contributed by atoms with van der Waals surface area (Å²) in [5.74, 6) is -1.10. The lowest BCUT2D eigenvalue weighted by Gasteiger charge is -2.02. The minimum absolute atomic E-state index is 0.329. The summed E-state index contributed by atoms with van der Waals surface area (Å²) in [7, 11) is 0. The van der Waals surface area contributed by atoms with Crippen molar-refractivity contribution in [2.45, 2.75) is 77.6 Å². The molecule has 0 aliphatic carbocycles. The van der Waals surface area contributed by atoms with E-state index in [0.717, 1.165) is 25.3 Å². The van der Waals surface area contributed by atoms with E-state index in [1.54, 1.807) is 0 Å². The molecule has 0 aliphatic heterocycles. The van der Waals surface area contributed by atoms with Crippen LogP contribution >= 0.6 is 0 Å². The van der Waals surface area contributed by atoms with Gasteiger partial charge in [0.25, 0.3) is 0 Å². The van der Waals surface area contributed by atoms with Crippen LogP contribution in [0.2, 0.25) is 0 Å². The summed E-state index contributed by atoms with van der Waals surface area (Å²) in [5, 5.41) is 0. The van der Waals surface area contributed by atoms with Crippen LogP contribution in [0, 0.1) is 0 Å². The largest absolute Gasteiger partial charge is 0.390 e. The molecule has 0 radical (unpaired) electrons. The summed E-state index contributed by atoms with van der Waals surface area (Å²) >= 11 is 0. The number of hydrogen-bond acceptors (Lipinski definition) is 3. The molecule has 0 N–H and O–H groups in total. The second kappa shape index (κ2) is 13.3. The van der Waals surface area contributed by atoms with E-state index in [1.807, 2.05) is 0 Å². The third-order valence-corrected chi connectivity index (χ3v) is 3.12. The van der Waals surface area contributed by atoms with Gasteiger partial charge in [-0.3, -0.25) is 4.79 Å². The molecule has 0 fully saturated rings. The highest BCUT2D eigenvalue weighted by atomic mass is 16.6.